The standard InChI is InChI=1S/C17H25N3O4S.ClH/c1-12(18)13-4-6-20(7-5-13)17(21)9-19-25(22,23)16-3-2-14-10-24-11-15(14)8-16;/h2-3,8,12-13,19H,4-7,9-11,18H2,1H3;1H. The highest BCUT2D eigenvalue weighted by Crippen LogP contribution is 2.23. The average Bonchev–Trinajstić information content (AvgIpc) is 3.07. The SMILES string of the molecule is CC(N)C1CCN(C(=O)CNS(=O)(=O)c2ccc3c(c2)COC3)CC1.Cl. The van der Waals surface area contributed by atoms with Gasteiger partial charge in [0.05, 0.1) is 24.7 Å². The number of carbonyl (C=O) groups is 1. The first kappa shape index (κ1) is 21.1. The molecule has 0 bridgehead atoms. The van der Waals surface area contributed by atoms with Gasteiger partial charge in [0.1, 0.15) is 0 Å². The van der Waals surface area contributed by atoms with E-state index in [1.807, 2.05) is 6.92 Å². The largest absolute Gasteiger partial charge is 0.372 e. The first-order valence-electron chi connectivity index (χ1n) is 8.59. The molecule has 1 aromatic rings. The van der Waals surface area contributed by atoms with Gasteiger partial charge < -0.3 is 15.4 Å². The Balaban J connectivity index is 0.00000243. The van der Waals surface area contributed by atoms with E-state index in [-0.39, 0.29) is 35.8 Å². The van der Waals surface area contributed by atoms with Gasteiger partial charge in [-0.2, -0.15) is 0 Å². The second kappa shape index (κ2) is 8.67. The highest BCUT2D eigenvalue weighted by atomic mass is 35.5. The molecule has 2 aliphatic rings. The van der Waals surface area contributed by atoms with E-state index in [0.29, 0.717) is 32.2 Å². The third-order valence-corrected chi connectivity index (χ3v) is 6.45. The number of carbonyl (C=O) groups excluding carboxylic acids is 1. The lowest BCUT2D eigenvalue weighted by Gasteiger charge is -2.33. The molecule has 0 radical (unpaired) electrons. The summed E-state index contributed by atoms with van der Waals surface area (Å²) in [5.41, 5.74) is 7.79. The molecule has 0 aromatic heterocycles. The van der Waals surface area contributed by atoms with E-state index in [1.165, 1.54) is 0 Å². The lowest BCUT2D eigenvalue weighted by Crippen LogP contribution is -2.46. The number of likely N-dealkylation sites (tertiary alicyclic amines) is 1. The first-order chi connectivity index (χ1) is 11.9. The fraction of sp³-hybridized carbons (Fsp3) is 0.588. The lowest BCUT2D eigenvalue weighted by molar-refractivity contribution is -0.131. The van der Waals surface area contributed by atoms with E-state index in [2.05, 4.69) is 4.72 Å². The molecule has 1 fully saturated rings. The van der Waals surface area contributed by atoms with Crippen molar-refractivity contribution in [2.45, 2.75) is 43.9 Å². The Bertz CT molecular complexity index is 746. The van der Waals surface area contributed by atoms with Gasteiger partial charge in [-0.05, 0) is 48.9 Å². The van der Waals surface area contributed by atoms with Gasteiger partial charge in [-0.3, -0.25) is 4.79 Å². The Morgan fingerprint density at radius 3 is 2.62 bits per heavy atom. The van der Waals surface area contributed by atoms with E-state index in [0.717, 1.165) is 24.0 Å². The van der Waals surface area contributed by atoms with Crippen LogP contribution in [0.4, 0.5) is 0 Å². The summed E-state index contributed by atoms with van der Waals surface area (Å²) in [6.07, 6.45) is 1.72. The van der Waals surface area contributed by atoms with Crippen molar-refractivity contribution in [2.24, 2.45) is 11.7 Å². The van der Waals surface area contributed by atoms with Crippen LogP contribution in [0.15, 0.2) is 23.1 Å². The number of benzene rings is 1. The summed E-state index contributed by atoms with van der Waals surface area (Å²) in [7, 11) is -3.71. The Hall–Kier alpha value is -1.19. The van der Waals surface area contributed by atoms with Crippen LogP contribution >= 0.6 is 12.4 Å². The molecule has 1 amide bonds. The lowest BCUT2D eigenvalue weighted by atomic mass is 9.91. The zero-order chi connectivity index (χ0) is 18.0. The summed E-state index contributed by atoms with van der Waals surface area (Å²) in [5, 5.41) is 0. The molecule has 2 aliphatic heterocycles. The van der Waals surface area contributed by atoms with Gasteiger partial charge >= 0.3 is 0 Å². The normalized spacial score (nSPS) is 18.9. The Kier molecular flexibility index (Phi) is 7.04. The monoisotopic (exact) mass is 403 g/mol. The molecule has 1 atom stereocenters. The predicted octanol–water partition coefficient (Wildman–Crippen LogP) is 1.00. The summed E-state index contributed by atoms with van der Waals surface area (Å²) in [6.45, 7) is 3.95. The van der Waals surface area contributed by atoms with Crippen molar-refractivity contribution < 1.29 is 17.9 Å². The zero-order valence-corrected chi connectivity index (χ0v) is 16.4. The second-order valence-electron chi connectivity index (χ2n) is 6.83. The molecule has 3 rings (SSSR count). The van der Waals surface area contributed by atoms with Crippen molar-refractivity contribution in [1.82, 2.24) is 9.62 Å². The van der Waals surface area contributed by atoms with Crippen LogP contribution in [0.1, 0.15) is 30.9 Å². The fourth-order valence-corrected chi connectivity index (χ4v) is 4.37. The van der Waals surface area contributed by atoms with E-state index < -0.39 is 10.0 Å². The van der Waals surface area contributed by atoms with Crippen LogP contribution in [-0.2, 0) is 32.8 Å². The number of piperidine rings is 1. The molecule has 0 aliphatic carbocycles. The Labute approximate surface area is 160 Å². The van der Waals surface area contributed by atoms with E-state index >= 15 is 0 Å². The Morgan fingerprint density at radius 1 is 1.31 bits per heavy atom. The summed E-state index contributed by atoms with van der Waals surface area (Å²) in [5.74, 6) is 0.227. The van der Waals surface area contributed by atoms with Gasteiger partial charge in [0, 0.05) is 19.1 Å². The van der Waals surface area contributed by atoms with Gasteiger partial charge in [-0.25, -0.2) is 13.1 Å². The third kappa shape index (κ3) is 4.75. The van der Waals surface area contributed by atoms with Crippen LogP contribution in [0.25, 0.3) is 0 Å². The van der Waals surface area contributed by atoms with Crippen LogP contribution < -0.4 is 10.5 Å². The second-order valence-corrected chi connectivity index (χ2v) is 8.59. The zero-order valence-electron chi connectivity index (χ0n) is 14.8. The molecule has 2 heterocycles. The number of amides is 1. The maximum Gasteiger partial charge on any atom is 0.241 e. The number of sulfonamides is 1. The first-order valence-corrected chi connectivity index (χ1v) is 10.1. The number of nitrogens with two attached hydrogens (primary N) is 1. The van der Waals surface area contributed by atoms with Crippen molar-refractivity contribution in [3.63, 3.8) is 0 Å². The predicted molar refractivity (Wildman–Crippen MR) is 100 cm³/mol. The summed E-state index contributed by atoms with van der Waals surface area (Å²) in [6, 6.07) is 5.05. The molecule has 7 nitrogen and oxygen atoms in total. The third-order valence-electron chi connectivity index (χ3n) is 5.05. The summed E-state index contributed by atoms with van der Waals surface area (Å²) >= 11 is 0. The maximum atomic E-state index is 12.4. The molecule has 1 unspecified atom stereocenters. The molecular formula is C17H26ClN3O4S. The molecule has 3 N–H and O–H groups in total. The maximum absolute atomic E-state index is 12.4. The van der Waals surface area contributed by atoms with Crippen LogP contribution in [0.2, 0.25) is 0 Å². The number of fused-ring (bicyclic) bond motifs is 1. The van der Waals surface area contributed by atoms with Gasteiger partial charge in [0.2, 0.25) is 15.9 Å². The summed E-state index contributed by atoms with van der Waals surface area (Å²) in [4.78, 5) is 14.2. The molecule has 1 saturated heterocycles. The molecular weight excluding hydrogens is 378 g/mol. The Morgan fingerprint density at radius 2 is 1.96 bits per heavy atom. The molecule has 0 saturated carbocycles. The quantitative estimate of drug-likeness (QED) is 0.763. The van der Waals surface area contributed by atoms with Crippen LogP contribution in [0.5, 0.6) is 0 Å². The highest BCUT2D eigenvalue weighted by Gasteiger charge is 2.26. The topological polar surface area (TPSA) is 102 Å². The van der Waals surface area contributed by atoms with Crippen molar-refractivity contribution >= 4 is 28.3 Å². The van der Waals surface area contributed by atoms with Crippen molar-refractivity contribution in [2.75, 3.05) is 19.6 Å². The van der Waals surface area contributed by atoms with Crippen LogP contribution in [-0.4, -0.2) is 44.9 Å². The van der Waals surface area contributed by atoms with Gasteiger partial charge in [-0.15, -0.1) is 12.4 Å². The number of hydrogen-bond donors (Lipinski definition) is 2. The number of hydrogen-bond acceptors (Lipinski definition) is 5. The van der Waals surface area contributed by atoms with E-state index in [9.17, 15) is 13.2 Å². The number of rotatable bonds is 5. The van der Waals surface area contributed by atoms with Crippen molar-refractivity contribution in [1.29, 1.82) is 0 Å². The number of ether oxygens (including phenoxy) is 1. The minimum absolute atomic E-state index is 0. The molecule has 0 spiro atoms. The smallest absolute Gasteiger partial charge is 0.241 e. The number of halogens is 1. The van der Waals surface area contributed by atoms with E-state index in [1.54, 1.807) is 23.1 Å². The van der Waals surface area contributed by atoms with Crippen LogP contribution in [0, 0.1) is 5.92 Å². The van der Waals surface area contributed by atoms with Gasteiger partial charge in [0.25, 0.3) is 0 Å². The number of nitrogens with one attached hydrogen (secondary N) is 1. The van der Waals surface area contributed by atoms with Crippen molar-refractivity contribution in [3.8, 4) is 0 Å². The minimum Gasteiger partial charge on any atom is -0.372 e. The fourth-order valence-electron chi connectivity index (χ4n) is 3.34. The minimum atomic E-state index is -3.71. The van der Waals surface area contributed by atoms with Crippen LogP contribution in [0.3, 0.4) is 0 Å². The highest BCUT2D eigenvalue weighted by molar-refractivity contribution is 7.89. The van der Waals surface area contributed by atoms with Gasteiger partial charge in [-0.1, -0.05) is 6.07 Å². The molecule has 1 aromatic carbocycles. The average molecular weight is 404 g/mol. The number of nitrogens with zero attached hydrogens (tertiary/aromatic N) is 1. The summed E-state index contributed by atoms with van der Waals surface area (Å²) < 4.78 is 32.6. The molecule has 146 valence electrons. The molecule has 26 heavy (non-hydrogen) atoms. The van der Waals surface area contributed by atoms with Crippen molar-refractivity contribution in [3.05, 3.63) is 29.3 Å². The van der Waals surface area contributed by atoms with E-state index in [4.69, 9.17) is 10.5 Å². The van der Waals surface area contributed by atoms with Gasteiger partial charge in [0.15, 0.2) is 0 Å². The molecule has 9 heteroatoms.